The van der Waals surface area contributed by atoms with Gasteiger partial charge in [-0.1, -0.05) is 6.42 Å². The fourth-order valence-electron chi connectivity index (χ4n) is 1.48. The van der Waals surface area contributed by atoms with Gasteiger partial charge in [-0.2, -0.15) is 0 Å². The van der Waals surface area contributed by atoms with Gasteiger partial charge in [0.05, 0.1) is 0 Å². The van der Waals surface area contributed by atoms with Crippen molar-refractivity contribution in [1.29, 1.82) is 0 Å². The predicted molar refractivity (Wildman–Crippen MR) is 44.3 cm³/mol. The summed E-state index contributed by atoms with van der Waals surface area (Å²) in [5.74, 6) is 0. The standard InChI is InChI=1S/C7H15NOS/c1-10(9)7-4-2-3-6(8)5-7/h6-7H,2-5,8H2,1H3/t6-,7-,10+/m1/s1. The van der Waals surface area contributed by atoms with E-state index in [2.05, 4.69) is 0 Å². The van der Waals surface area contributed by atoms with Crippen molar-refractivity contribution >= 4 is 10.8 Å². The highest BCUT2D eigenvalue weighted by atomic mass is 32.2. The van der Waals surface area contributed by atoms with Gasteiger partial charge in [0.15, 0.2) is 0 Å². The molecule has 0 aliphatic heterocycles. The SMILES string of the molecule is C[S@](=O)[C@@H]1CCC[C@@H](N)C1. The van der Waals surface area contributed by atoms with E-state index in [4.69, 9.17) is 5.73 Å². The van der Waals surface area contributed by atoms with Crippen LogP contribution in [0.2, 0.25) is 0 Å². The molecule has 10 heavy (non-hydrogen) atoms. The minimum absolute atomic E-state index is 0.308. The average Bonchev–Trinajstić information content (AvgIpc) is 1.88. The van der Waals surface area contributed by atoms with Gasteiger partial charge in [0.2, 0.25) is 0 Å². The molecule has 0 bridgehead atoms. The maximum absolute atomic E-state index is 11.0. The third kappa shape index (κ3) is 2.06. The van der Waals surface area contributed by atoms with Gasteiger partial charge < -0.3 is 5.73 Å². The maximum atomic E-state index is 11.0. The molecule has 3 atom stereocenters. The van der Waals surface area contributed by atoms with Crippen molar-refractivity contribution in [1.82, 2.24) is 0 Å². The van der Waals surface area contributed by atoms with Crippen molar-refractivity contribution in [2.75, 3.05) is 6.26 Å². The third-order valence-corrected chi connectivity index (χ3v) is 3.50. The topological polar surface area (TPSA) is 43.1 Å². The molecule has 0 radical (unpaired) electrons. The lowest BCUT2D eigenvalue weighted by Gasteiger charge is -2.24. The molecule has 2 N–H and O–H groups in total. The van der Waals surface area contributed by atoms with Crippen LogP contribution in [0.5, 0.6) is 0 Å². The Kier molecular flexibility index (Phi) is 2.86. The minimum Gasteiger partial charge on any atom is -0.328 e. The molecule has 3 heteroatoms. The van der Waals surface area contributed by atoms with Gasteiger partial charge in [-0.05, 0) is 19.3 Å². The molecular weight excluding hydrogens is 146 g/mol. The second kappa shape index (κ2) is 3.49. The first-order valence-corrected chi connectivity index (χ1v) is 5.40. The highest BCUT2D eigenvalue weighted by Crippen LogP contribution is 2.20. The Bertz CT molecular complexity index is 138. The van der Waals surface area contributed by atoms with Gasteiger partial charge in [0.25, 0.3) is 0 Å². The van der Waals surface area contributed by atoms with Crippen LogP contribution in [0.25, 0.3) is 0 Å². The van der Waals surface area contributed by atoms with E-state index < -0.39 is 10.8 Å². The van der Waals surface area contributed by atoms with Gasteiger partial charge in [-0.25, -0.2) is 0 Å². The predicted octanol–water partition coefficient (Wildman–Crippen LogP) is 0.635. The van der Waals surface area contributed by atoms with E-state index in [1.54, 1.807) is 6.26 Å². The first-order valence-electron chi connectivity index (χ1n) is 3.78. The minimum atomic E-state index is -0.653. The number of nitrogens with two attached hydrogens (primary N) is 1. The second-order valence-electron chi connectivity index (χ2n) is 3.05. The van der Waals surface area contributed by atoms with Crippen molar-refractivity contribution in [3.05, 3.63) is 0 Å². The first kappa shape index (κ1) is 8.21. The summed E-state index contributed by atoms with van der Waals surface area (Å²) < 4.78 is 11.0. The van der Waals surface area contributed by atoms with Crippen LogP contribution >= 0.6 is 0 Å². The quantitative estimate of drug-likeness (QED) is 0.613. The van der Waals surface area contributed by atoms with Crippen LogP contribution in [0.15, 0.2) is 0 Å². The molecule has 0 aromatic heterocycles. The van der Waals surface area contributed by atoms with Crippen LogP contribution in [-0.2, 0) is 10.8 Å². The van der Waals surface area contributed by atoms with Crippen molar-refractivity contribution in [3.8, 4) is 0 Å². The molecule has 1 aliphatic rings. The van der Waals surface area contributed by atoms with Crippen LogP contribution in [0, 0.1) is 0 Å². The molecule has 0 heterocycles. The normalized spacial score (nSPS) is 37.4. The van der Waals surface area contributed by atoms with Crippen molar-refractivity contribution in [3.63, 3.8) is 0 Å². The summed E-state index contributed by atoms with van der Waals surface area (Å²) in [5.41, 5.74) is 5.73. The Hall–Kier alpha value is 0.110. The maximum Gasteiger partial charge on any atom is 0.0359 e. The lowest BCUT2D eigenvalue weighted by Crippen LogP contribution is -2.32. The zero-order chi connectivity index (χ0) is 7.56. The van der Waals surface area contributed by atoms with Crippen molar-refractivity contribution < 1.29 is 4.21 Å². The zero-order valence-corrected chi connectivity index (χ0v) is 7.19. The smallest absolute Gasteiger partial charge is 0.0359 e. The van der Waals surface area contributed by atoms with Crippen LogP contribution in [0.3, 0.4) is 0 Å². The molecule has 0 aromatic rings. The summed E-state index contributed by atoms with van der Waals surface area (Å²) >= 11 is 0. The van der Waals surface area contributed by atoms with Crippen LogP contribution in [-0.4, -0.2) is 21.8 Å². The molecule has 0 aromatic carbocycles. The molecule has 1 aliphatic carbocycles. The second-order valence-corrected chi connectivity index (χ2v) is 4.71. The molecule has 0 unspecified atom stereocenters. The lowest BCUT2D eigenvalue weighted by atomic mass is 9.96. The van der Waals surface area contributed by atoms with E-state index in [0.717, 1.165) is 25.7 Å². The van der Waals surface area contributed by atoms with E-state index in [9.17, 15) is 4.21 Å². The van der Waals surface area contributed by atoms with E-state index in [-0.39, 0.29) is 0 Å². The largest absolute Gasteiger partial charge is 0.328 e. The van der Waals surface area contributed by atoms with Crippen LogP contribution < -0.4 is 5.73 Å². The fourth-order valence-corrected chi connectivity index (χ4v) is 2.50. The third-order valence-electron chi connectivity index (χ3n) is 2.14. The highest BCUT2D eigenvalue weighted by molar-refractivity contribution is 7.84. The Labute approximate surface area is 64.6 Å². The van der Waals surface area contributed by atoms with Gasteiger partial charge >= 0.3 is 0 Å². The summed E-state index contributed by atoms with van der Waals surface area (Å²) in [6.45, 7) is 0. The molecule has 1 rings (SSSR count). The monoisotopic (exact) mass is 161 g/mol. The molecule has 0 spiro atoms. The van der Waals surface area contributed by atoms with Gasteiger partial charge in [-0.15, -0.1) is 0 Å². The Morgan fingerprint density at radius 1 is 1.50 bits per heavy atom. The Balaban J connectivity index is 2.39. The number of hydrogen-bond acceptors (Lipinski definition) is 2. The summed E-state index contributed by atoms with van der Waals surface area (Å²) in [4.78, 5) is 0. The zero-order valence-electron chi connectivity index (χ0n) is 6.38. The lowest BCUT2D eigenvalue weighted by molar-refractivity contribution is 0.445. The van der Waals surface area contributed by atoms with Gasteiger partial charge in [0, 0.05) is 28.3 Å². The molecule has 0 amide bonds. The molecule has 2 nitrogen and oxygen atoms in total. The molecule has 60 valence electrons. The molecule has 0 saturated heterocycles. The number of hydrogen-bond donors (Lipinski definition) is 1. The summed E-state index contributed by atoms with van der Waals surface area (Å²) in [7, 11) is -0.653. The van der Waals surface area contributed by atoms with Crippen LogP contribution in [0.4, 0.5) is 0 Å². The first-order chi connectivity index (χ1) is 4.70. The highest BCUT2D eigenvalue weighted by Gasteiger charge is 2.21. The average molecular weight is 161 g/mol. The van der Waals surface area contributed by atoms with Crippen LogP contribution in [0.1, 0.15) is 25.7 Å². The fraction of sp³-hybridized carbons (Fsp3) is 1.00. The van der Waals surface area contributed by atoms with Crippen molar-refractivity contribution in [2.24, 2.45) is 5.73 Å². The molecule has 1 fully saturated rings. The molecular formula is C7H15NOS. The van der Waals surface area contributed by atoms with E-state index in [1.165, 1.54) is 0 Å². The summed E-state index contributed by atoms with van der Waals surface area (Å²) in [6, 6.07) is 0.308. The number of rotatable bonds is 1. The summed E-state index contributed by atoms with van der Waals surface area (Å²) in [6.07, 6.45) is 6.13. The van der Waals surface area contributed by atoms with E-state index in [1.807, 2.05) is 0 Å². The Morgan fingerprint density at radius 3 is 2.60 bits per heavy atom. The van der Waals surface area contributed by atoms with Crippen molar-refractivity contribution in [2.45, 2.75) is 37.0 Å². The van der Waals surface area contributed by atoms with Gasteiger partial charge in [-0.3, -0.25) is 4.21 Å². The van der Waals surface area contributed by atoms with E-state index >= 15 is 0 Å². The van der Waals surface area contributed by atoms with E-state index in [0.29, 0.717) is 11.3 Å². The van der Waals surface area contributed by atoms with Gasteiger partial charge in [0.1, 0.15) is 0 Å². The summed E-state index contributed by atoms with van der Waals surface area (Å²) in [5, 5.41) is 0.378. The molecule has 1 saturated carbocycles. The Morgan fingerprint density at radius 2 is 2.20 bits per heavy atom.